The van der Waals surface area contributed by atoms with Crippen molar-refractivity contribution >= 4 is 34.0 Å². The summed E-state index contributed by atoms with van der Waals surface area (Å²) in [6.07, 6.45) is 1.99. The van der Waals surface area contributed by atoms with Gasteiger partial charge in [0, 0.05) is 18.8 Å². The minimum Gasteiger partial charge on any atom is -0.326 e. The van der Waals surface area contributed by atoms with E-state index in [1.54, 1.807) is 24.3 Å². The number of hydrogen-bond donors (Lipinski definition) is 3. The minimum absolute atomic E-state index is 0. The Morgan fingerprint density at radius 1 is 1.33 bits per heavy atom. The molecule has 0 bridgehead atoms. The maximum absolute atomic E-state index is 11.9. The summed E-state index contributed by atoms with van der Waals surface area (Å²) < 4.78 is 24.4. The van der Waals surface area contributed by atoms with Gasteiger partial charge in [0.05, 0.1) is 12.2 Å². The van der Waals surface area contributed by atoms with E-state index in [2.05, 4.69) is 15.4 Å². The molecule has 0 radical (unpaired) electrons. The van der Waals surface area contributed by atoms with Gasteiger partial charge < -0.3 is 10.6 Å². The van der Waals surface area contributed by atoms with Crippen LogP contribution in [0.3, 0.4) is 0 Å². The van der Waals surface area contributed by atoms with Crippen LogP contribution in [0.4, 0.5) is 5.69 Å². The normalized spacial score (nSPS) is 18.0. The molecule has 1 aromatic carbocycles. The molecule has 0 saturated carbocycles. The molecule has 1 heterocycles. The van der Waals surface area contributed by atoms with Crippen LogP contribution >= 0.6 is 12.4 Å². The molecule has 1 aliphatic rings. The number of anilines is 1. The lowest BCUT2D eigenvalue weighted by atomic mass is 10.1. The molecule has 3 N–H and O–H groups in total. The fourth-order valence-corrected chi connectivity index (χ4v) is 2.47. The van der Waals surface area contributed by atoms with Crippen molar-refractivity contribution in [1.82, 2.24) is 10.0 Å². The second-order valence-corrected chi connectivity index (χ2v) is 6.80. The molecular formula is C13H20ClN3O3S. The highest BCUT2D eigenvalue weighted by Gasteiger charge is 2.22. The van der Waals surface area contributed by atoms with Crippen LogP contribution < -0.4 is 15.4 Å². The summed E-state index contributed by atoms with van der Waals surface area (Å²) in [5, 5.41) is 6.02. The molecule has 1 fully saturated rings. The Bertz CT molecular complexity index is 569. The van der Waals surface area contributed by atoms with E-state index in [0.29, 0.717) is 0 Å². The smallest absolute Gasteiger partial charge is 0.228 e. The van der Waals surface area contributed by atoms with Gasteiger partial charge in [-0.2, -0.15) is 0 Å². The molecule has 6 nitrogen and oxygen atoms in total. The predicted molar refractivity (Wildman–Crippen MR) is 85.0 cm³/mol. The summed E-state index contributed by atoms with van der Waals surface area (Å²) in [6, 6.07) is 7.14. The summed E-state index contributed by atoms with van der Waals surface area (Å²) in [4.78, 5) is 11.9. The van der Waals surface area contributed by atoms with Crippen LogP contribution in [0.25, 0.3) is 0 Å². The van der Waals surface area contributed by atoms with E-state index in [0.717, 1.165) is 37.0 Å². The van der Waals surface area contributed by atoms with Crippen molar-refractivity contribution < 1.29 is 13.2 Å². The van der Waals surface area contributed by atoms with Crippen molar-refractivity contribution in [2.24, 2.45) is 5.92 Å². The van der Waals surface area contributed by atoms with Gasteiger partial charge in [0.2, 0.25) is 15.9 Å². The second-order valence-electron chi connectivity index (χ2n) is 4.97. The van der Waals surface area contributed by atoms with E-state index in [9.17, 15) is 13.2 Å². The lowest BCUT2D eigenvalue weighted by Gasteiger charge is -2.10. The minimum atomic E-state index is -3.19. The van der Waals surface area contributed by atoms with Crippen LogP contribution in [-0.2, 0) is 21.4 Å². The standard InChI is InChI=1S/C13H19N3O3S.ClH/c1-20(18,19)15-8-10-2-4-12(5-3-10)16-13(17)11-6-7-14-9-11;/h2-5,11,14-15H,6-9H2,1H3,(H,16,17);1H. The highest BCUT2D eigenvalue weighted by Crippen LogP contribution is 2.14. The second kappa shape index (κ2) is 7.74. The van der Waals surface area contributed by atoms with Crippen molar-refractivity contribution in [2.75, 3.05) is 24.7 Å². The van der Waals surface area contributed by atoms with Crippen LogP contribution in [0.15, 0.2) is 24.3 Å². The number of rotatable bonds is 5. The fraction of sp³-hybridized carbons (Fsp3) is 0.462. The van der Waals surface area contributed by atoms with E-state index in [1.165, 1.54) is 0 Å². The first-order valence-corrected chi connectivity index (χ1v) is 8.38. The molecule has 21 heavy (non-hydrogen) atoms. The van der Waals surface area contributed by atoms with E-state index < -0.39 is 10.0 Å². The third-order valence-corrected chi connectivity index (χ3v) is 3.86. The van der Waals surface area contributed by atoms with Gasteiger partial charge in [-0.15, -0.1) is 12.4 Å². The maximum atomic E-state index is 11.9. The number of amides is 1. The van der Waals surface area contributed by atoms with Crippen LogP contribution in [0.2, 0.25) is 0 Å². The summed E-state index contributed by atoms with van der Waals surface area (Å²) in [5.41, 5.74) is 1.57. The van der Waals surface area contributed by atoms with Gasteiger partial charge in [-0.25, -0.2) is 13.1 Å². The van der Waals surface area contributed by atoms with Gasteiger partial charge >= 0.3 is 0 Å². The van der Waals surface area contributed by atoms with Crippen molar-refractivity contribution in [3.8, 4) is 0 Å². The Morgan fingerprint density at radius 3 is 2.52 bits per heavy atom. The molecule has 118 valence electrons. The van der Waals surface area contributed by atoms with E-state index in [4.69, 9.17) is 0 Å². The van der Waals surface area contributed by atoms with Gasteiger partial charge in [0.25, 0.3) is 0 Å². The highest BCUT2D eigenvalue weighted by atomic mass is 35.5. The van der Waals surface area contributed by atoms with Gasteiger partial charge in [0.15, 0.2) is 0 Å². The fourth-order valence-electron chi connectivity index (χ4n) is 2.04. The summed E-state index contributed by atoms with van der Waals surface area (Å²) in [5.74, 6) is 0.0542. The topological polar surface area (TPSA) is 87.3 Å². The average Bonchev–Trinajstić information content (AvgIpc) is 2.91. The lowest BCUT2D eigenvalue weighted by Crippen LogP contribution is -2.24. The third-order valence-electron chi connectivity index (χ3n) is 3.19. The van der Waals surface area contributed by atoms with Gasteiger partial charge in [-0.3, -0.25) is 4.79 Å². The molecular weight excluding hydrogens is 314 g/mol. The van der Waals surface area contributed by atoms with Crippen molar-refractivity contribution in [1.29, 1.82) is 0 Å². The first kappa shape index (κ1) is 17.9. The molecule has 0 aliphatic carbocycles. The number of sulfonamides is 1. The molecule has 8 heteroatoms. The molecule has 1 aromatic rings. The average molecular weight is 334 g/mol. The molecule has 0 spiro atoms. The van der Waals surface area contributed by atoms with Crippen LogP contribution in [-0.4, -0.2) is 33.7 Å². The van der Waals surface area contributed by atoms with Crippen molar-refractivity contribution in [3.63, 3.8) is 0 Å². The number of hydrogen-bond acceptors (Lipinski definition) is 4. The molecule has 0 aromatic heterocycles. The Hall–Kier alpha value is -1.15. The largest absolute Gasteiger partial charge is 0.326 e. The Kier molecular flexibility index (Phi) is 6.60. The highest BCUT2D eigenvalue weighted by molar-refractivity contribution is 7.88. The summed E-state index contributed by atoms with van der Waals surface area (Å²) >= 11 is 0. The van der Waals surface area contributed by atoms with Crippen LogP contribution in [0.5, 0.6) is 0 Å². The van der Waals surface area contributed by atoms with Gasteiger partial charge in [0.1, 0.15) is 0 Å². The number of carbonyl (C=O) groups excluding carboxylic acids is 1. The van der Waals surface area contributed by atoms with Crippen molar-refractivity contribution in [2.45, 2.75) is 13.0 Å². The van der Waals surface area contributed by atoms with E-state index in [-0.39, 0.29) is 30.8 Å². The van der Waals surface area contributed by atoms with E-state index in [1.807, 2.05) is 0 Å². The molecule has 1 aliphatic heterocycles. The zero-order chi connectivity index (χ0) is 14.6. The number of benzene rings is 1. The van der Waals surface area contributed by atoms with Gasteiger partial charge in [-0.05, 0) is 30.7 Å². The maximum Gasteiger partial charge on any atom is 0.228 e. The SMILES string of the molecule is CS(=O)(=O)NCc1ccc(NC(=O)C2CCNC2)cc1.Cl. The first-order valence-electron chi connectivity index (χ1n) is 6.49. The first-order chi connectivity index (χ1) is 9.44. The van der Waals surface area contributed by atoms with Crippen LogP contribution in [0.1, 0.15) is 12.0 Å². The van der Waals surface area contributed by atoms with E-state index >= 15 is 0 Å². The lowest BCUT2D eigenvalue weighted by molar-refractivity contribution is -0.119. The molecule has 1 atom stereocenters. The van der Waals surface area contributed by atoms with Crippen LogP contribution in [0, 0.1) is 5.92 Å². The summed E-state index contributed by atoms with van der Waals surface area (Å²) in [7, 11) is -3.19. The molecule has 1 amide bonds. The Balaban J connectivity index is 0.00000220. The van der Waals surface area contributed by atoms with Gasteiger partial charge in [-0.1, -0.05) is 12.1 Å². The number of nitrogens with one attached hydrogen (secondary N) is 3. The number of halogens is 1. The third kappa shape index (κ3) is 6.01. The summed E-state index contributed by atoms with van der Waals surface area (Å²) in [6.45, 7) is 1.86. The molecule has 1 unspecified atom stereocenters. The molecule has 1 saturated heterocycles. The Labute approximate surface area is 131 Å². The Morgan fingerprint density at radius 2 is 2.00 bits per heavy atom. The quantitative estimate of drug-likeness (QED) is 0.740. The predicted octanol–water partition coefficient (Wildman–Crippen LogP) is 0.706. The van der Waals surface area contributed by atoms with Crippen molar-refractivity contribution in [3.05, 3.63) is 29.8 Å². The zero-order valence-electron chi connectivity index (χ0n) is 11.8. The zero-order valence-corrected chi connectivity index (χ0v) is 13.4. The monoisotopic (exact) mass is 333 g/mol. The number of carbonyl (C=O) groups is 1. The molecule has 2 rings (SSSR count).